The van der Waals surface area contributed by atoms with E-state index in [1.54, 1.807) is 30.3 Å². The molecule has 0 aliphatic heterocycles. The van der Waals surface area contributed by atoms with Crippen molar-refractivity contribution in [2.45, 2.75) is 25.8 Å². The summed E-state index contributed by atoms with van der Waals surface area (Å²) in [7, 11) is 1.51. The number of benzene rings is 2. The number of halogens is 2. The minimum Gasteiger partial charge on any atom is -0.493 e. The molecule has 1 amide bonds. The molecule has 2 rings (SSSR count). The van der Waals surface area contributed by atoms with E-state index in [0.29, 0.717) is 30.0 Å². The van der Waals surface area contributed by atoms with Crippen LogP contribution in [0.15, 0.2) is 42.5 Å². The van der Waals surface area contributed by atoms with Gasteiger partial charge in [-0.15, -0.1) is 12.4 Å². The van der Waals surface area contributed by atoms with Crippen molar-refractivity contribution in [2.24, 2.45) is 5.73 Å². The number of carbonyl (C=O) groups is 1. The largest absolute Gasteiger partial charge is 0.493 e. The van der Waals surface area contributed by atoms with Crippen molar-refractivity contribution in [3.63, 3.8) is 0 Å². The highest BCUT2D eigenvalue weighted by molar-refractivity contribution is 5.90. The number of rotatable bonds is 7. The van der Waals surface area contributed by atoms with Gasteiger partial charge >= 0.3 is 0 Å². The van der Waals surface area contributed by atoms with Gasteiger partial charge in [0.2, 0.25) is 5.91 Å². The number of anilines is 1. The molecule has 2 aromatic carbocycles. The number of carbonyl (C=O) groups excluding carboxylic acids is 1. The first-order valence-electron chi connectivity index (χ1n) is 7.65. The molecule has 0 saturated carbocycles. The molecular formula is C18H22ClFN2O3. The highest BCUT2D eigenvalue weighted by Gasteiger charge is 2.11. The van der Waals surface area contributed by atoms with Crippen molar-refractivity contribution in [3.05, 3.63) is 48.3 Å². The summed E-state index contributed by atoms with van der Waals surface area (Å²) in [6.45, 7) is 1.83. The molecule has 7 heteroatoms. The van der Waals surface area contributed by atoms with Crippen molar-refractivity contribution >= 4 is 24.0 Å². The molecule has 5 nitrogen and oxygen atoms in total. The number of nitrogens with two attached hydrogens (primary N) is 1. The maximum atomic E-state index is 14.2. The van der Waals surface area contributed by atoms with Crippen LogP contribution in [0.3, 0.4) is 0 Å². The molecule has 136 valence electrons. The highest BCUT2D eigenvalue weighted by atomic mass is 35.5. The predicted molar refractivity (Wildman–Crippen MR) is 98.2 cm³/mol. The number of para-hydroxylation sites is 2. The van der Waals surface area contributed by atoms with Crippen molar-refractivity contribution < 1.29 is 18.7 Å². The molecule has 2 aromatic rings. The quantitative estimate of drug-likeness (QED) is 0.771. The molecule has 0 aliphatic rings. The van der Waals surface area contributed by atoms with E-state index in [1.807, 2.05) is 6.92 Å². The van der Waals surface area contributed by atoms with E-state index in [2.05, 4.69) is 5.32 Å². The lowest BCUT2D eigenvalue weighted by atomic mass is 10.2. The van der Waals surface area contributed by atoms with Crippen LogP contribution < -0.4 is 20.5 Å². The van der Waals surface area contributed by atoms with E-state index in [4.69, 9.17) is 15.2 Å². The molecule has 0 heterocycles. The van der Waals surface area contributed by atoms with Gasteiger partial charge in [-0.1, -0.05) is 12.1 Å². The Morgan fingerprint density at radius 2 is 1.88 bits per heavy atom. The third-order valence-corrected chi connectivity index (χ3v) is 3.33. The lowest BCUT2D eigenvalue weighted by Crippen LogP contribution is -2.19. The zero-order valence-corrected chi connectivity index (χ0v) is 14.9. The molecule has 0 fully saturated rings. The minimum absolute atomic E-state index is 0. The molecule has 0 spiro atoms. The average molecular weight is 369 g/mol. The summed E-state index contributed by atoms with van der Waals surface area (Å²) in [5.74, 6) is 0.182. The molecule has 0 aromatic heterocycles. The number of methoxy groups -OCH3 is 1. The molecule has 0 radical (unpaired) electrons. The molecule has 25 heavy (non-hydrogen) atoms. The Labute approximate surface area is 152 Å². The normalized spacial score (nSPS) is 11.2. The van der Waals surface area contributed by atoms with Crippen molar-refractivity contribution in [1.82, 2.24) is 0 Å². The SMILES string of the molecule is COc1ccccc1Oc1ccc(NC(=O)CCC(C)N)cc1F.Cl. The molecule has 0 aliphatic carbocycles. The minimum atomic E-state index is -0.578. The van der Waals surface area contributed by atoms with Gasteiger partial charge in [-0.3, -0.25) is 4.79 Å². The number of amides is 1. The number of ether oxygens (including phenoxy) is 2. The third kappa shape index (κ3) is 6.25. The van der Waals surface area contributed by atoms with Gasteiger partial charge in [0.05, 0.1) is 7.11 Å². The van der Waals surface area contributed by atoms with E-state index < -0.39 is 5.82 Å². The first-order valence-corrected chi connectivity index (χ1v) is 7.65. The Balaban J connectivity index is 0.00000312. The maximum Gasteiger partial charge on any atom is 0.224 e. The second-order valence-electron chi connectivity index (χ2n) is 5.46. The monoisotopic (exact) mass is 368 g/mol. The van der Waals surface area contributed by atoms with Gasteiger partial charge in [0.1, 0.15) is 0 Å². The Hall–Kier alpha value is -2.31. The lowest BCUT2D eigenvalue weighted by Gasteiger charge is -2.12. The van der Waals surface area contributed by atoms with Crippen molar-refractivity contribution in [2.75, 3.05) is 12.4 Å². The van der Waals surface area contributed by atoms with Gasteiger partial charge < -0.3 is 20.5 Å². The Morgan fingerprint density at radius 3 is 2.48 bits per heavy atom. The molecule has 0 bridgehead atoms. The van der Waals surface area contributed by atoms with Crippen LogP contribution >= 0.6 is 12.4 Å². The van der Waals surface area contributed by atoms with Crippen LogP contribution in [0.5, 0.6) is 17.2 Å². The van der Waals surface area contributed by atoms with E-state index in [9.17, 15) is 9.18 Å². The maximum absolute atomic E-state index is 14.2. The average Bonchev–Trinajstić information content (AvgIpc) is 2.56. The summed E-state index contributed by atoms with van der Waals surface area (Å²) in [5.41, 5.74) is 5.98. The summed E-state index contributed by atoms with van der Waals surface area (Å²) in [6, 6.07) is 11.2. The fourth-order valence-electron chi connectivity index (χ4n) is 2.07. The fourth-order valence-corrected chi connectivity index (χ4v) is 2.07. The van der Waals surface area contributed by atoms with E-state index in [1.165, 1.54) is 19.2 Å². The standard InChI is InChI=1S/C18H21FN2O3.ClH/c1-12(20)7-10-18(22)21-13-8-9-15(14(19)11-13)24-17-6-4-3-5-16(17)23-2;/h3-6,8-9,11-12H,7,10,20H2,1-2H3,(H,21,22);1H. The van der Waals surface area contributed by atoms with E-state index in [-0.39, 0.29) is 30.1 Å². The van der Waals surface area contributed by atoms with E-state index >= 15 is 0 Å². The van der Waals surface area contributed by atoms with Crippen LogP contribution in [0.2, 0.25) is 0 Å². The van der Waals surface area contributed by atoms with Crippen molar-refractivity contribution in [1.29, 1.82) is 0 Å². The second kappa shape index (κ2) is 9.86. The van der Waals surface area contributed by atoms with Gasteiger partial charge in [0.15, 0.2) is 23.1 Å². The Kier molecular flexibility index (Phi) is 8.18. The first-order chi connectivity index (χ1) is 11.5. The molecule has 1 unspecified atom stereocenters. The van der Waals surface area contributed by atoms with Crippen LogP contribution in [0.4, 0.5) is 10.1 Å². The first kappa shape index (κ1) is 20.7. The van der Waals surface area contributed by atoms with Crippen LogP contribution in [-0.4, -0.2) is 19.1 Å². The fraction of sp³-hybridized carbons (Fsp3) is 0.278. The second-order valence-corrected chi connectivity index (χ2v) is 5.46. The Bertz CT molecular complexity index is 710. The summed E-state index contributed by atoms with van der Waals surface area (Å²) in [6.07, 6.45) is 0.863. The van der Waals surface area contributed by atoms with Gasteiger partial charge in [-0.05, 0) is 37.6 Å². The van der Waals surface area contributed by atoms with Gasteiger partial charge in [0.25, 0.3) is 0 Å². The Morgan fingerprint density at radius 1 is 1.20 bits per heavy atom. The summed E-state index contributed by atoms with van der Waals surface area (Å²) >= 11 is 0. The van der Waals surface area contributed by atoms with Crippen LogP contribution in [0.25, 0.3) is 0 Å². The molecule has 1 atom stereocenters. The number of nitrogens with one attached hydrogen (secondary N) is 1. The summed E-state index contributed by atoms with van der Waals surface area (Å²) < 4.78 is 24.9. The molecule has 0 saturated heterocycles. The smallest absolute Gasteiger partial charge is 0.224 e. The summed E-state index contributed by atoms with van der Waals surface area (Å²) in [4.78, 5) is 11.8. The van der Waals surface area contributed by atoms with Crippen LogP contribution in [0.1, 0.15) is 19.8 Å². The highest BCUT2D eigenvalue weighted by Crippen LogP contribution is 2.33. The van der Waals surface area contributed by atoms with Crippen molar-refractivity contribution in [3.8, 4) is 17.2 Å². The van der Waals surface area contributed by atoms with E-state index in [0.717, 1.165) is 0 Å². The number of hydrogen-bond acceptors (Lipinski definition) is 4. The number of hydrogen-bond donors (Lipinski definition) is 2. The summed E-state index contributed by atoms with van der Waals surface area (Å²) in [5, 5.41) is 2.64. The van der Waals surface area contributed by atoms with Crippen LogP contribution in [0, 0.1) is 5.82 Å². The molecular weight excluding hydrogens is 347 g/mol. The third-order valence-electron chi connectivity index (χ3n) is 3.33. The van der Waals surface area contributed by atoms with Crippen LogP contribution in [-0.2, 0) is 4.79 Å². The van der Waals surface area contributed by atoms with Gasteiger partial charge in [-0.2, -0.15) is 0 Å². The topological polar surface area (TPSA) is 73.6 Å². The lowest BCUT2D eigenvalue weighted by molar-refractivity contribution is -0.116. The molecule has 3 N–H and O–H groups in total. The zero-order chi connectivity index (χ0) is 17.5. The van der Waals surface area contributed by atoms with Gasteiger partial charge in [0, 0.05) is 24.2 Å². The van der Waals surface area contributed by atoms with Gasteiger partial charge in [-0.25, -0.2) is 4.39 Å². The predicted octanol–water partition coefficient (Wildman–Crippen LogP) is 4.11. The zero-order valence-electron chi connectivity index (χ0n) is 14.1.